The molecule has 2 amide bonds. The first-order valence-corrected chi connectivity index (χ1v) is 13.7. The molecule has 1 fully saturated rings. The lowest BCUT2D eigenvalue weighted by Crippen LogP contribution is -2.39. The van der Waals surface area contributed by atoms with E-state index in [9.17, 15) is 9.59 Å². The fourth-order valence-electron chi connectivity index (χ4n) is 5.18. The number of aromatic amines is 1. The van der Waals surface area contributed by atoms with E-state index in [0.717, 1.165) is 55.2 Å². The Bertz CT molecular complexity index is 1300. The molecule has 1 aromatic carbocycles. The van der Waals surface area contributed by atoms with Gasteiger partial charge in [-0.2, -0.15) is 0 Å². The Kier molecular flexibility index (Phi) is 8.45. The highest BCUT2D eigenvalue weighted by Gasteiger charge is 2.19. The van der Waals surface area contributed by atoms with Crippen LogP contribution in [-0.4, -0.2) is 83.0 Å². The summed E-state index contributed by atoms with van der Waals surface area (Å²) in [5.41, 5.74) is 2.53. The molecule has 3 heterocycles. The normalized spacial score (nSPS) is 17.9. The zero-order valence-corrected chi connectivity index (χ0v) is 22.7. The first-order valence-electron chi connectivity index (χ1n) is 13.7. The van der Waals surface area contributed by atoms with Crippen LogP contribution in [0.3, 0.4) is 0 Å². The van der Waals surface area contributed by atoms with Crippen molar-refractivity contribution in [3.8, 4) is 11.5 Å². The molecule has 11 nitrogen and oxygen atoms in total. The summed E-state index contributed by atoms with van der Waals surface area (Å²) >= 11 is 0. The van der Waals surface area contributed by atoms with Crippen molar-refractivity contribution < 1.29 is 19.1 Å². The SMILES string of the molecule is CN1CCCN(C)C(=O)COc2cc(ccc2OCC(=O)NC2CCCCC2)Nc2ncnc3[nH]cc(c23)C1. The van der Waals surface area contributed by atoms with Gasteiger partial charge in [-0.1, -0.05) is 19.3 Å². The number of aromatic nitrogens is 3. The molecule has 0 saturated heterocycles. The van der Waals surface area contributed by atoms with Crippen molar-refractivity contribution >= 4 is 34.4 Å². The summed E-state index contributed by atoms with van der Waals surface area (Å²) in [5.74, 6) is 1.15. The van der Waals surface area contributed by atoms with E-state index < -0.39 is 0 Å². The number of rotatable bonds is 4. The Morgan fingerprint density at radius 2 is 2.00 bits per heavy atom. The maximum atomic E-state index is 12.8. The van der Waals surface area contributed by atoms with Crippen LogP contribution in [0.1, 0.15) is 44.1 Å². The van der Waals surface area contributed by atoms with E-state index in [0.29, 0.717) is 36.1 Å². The maximum absolute atomic E-state index is 12.8. The van der Waals surface area contributed by atoms with E-state index in [-0.39, 0.29) is 31.1 Å². The highest BCUT2D eigenvalue weighted by Crippen LogP contribution is 2.34. The number of nitrogens with zero attached hydrogens (tertiary/aromatic N) is 4. The van der Waals surface area contributed by atoms with Gasteiger partial charge in [0.15, 0.2) is 24.7 Å². The zero-order chi connectivity index (χ0) is 27.2. The molecule has 11 heteroatoms. The van der Waals surface area contributed by atoms with Gasteiger partial charge in [0, 0.05) is 44.1 Å². The number of anilines is 2. The van der Waals surface area contributed by atoms with Gasteiger partial charge in [-0.3, -0.25) is 9.59 Å². The molecule has 2 aromatic heterocycles. The van der Waals surface area contributed by atoms with Gasteiger partial charge >= 0.3 is 0 Å². The fraction of sp³-hybridized carbons (Fsp3) is 0.500. The summed E-state index contributed by atoms with van der Waals surface area (Å²) in [6, 6.07) is 5.55. The third-order valence-corrected chi connectivity index (χ3v) is 7.34. The lowest BCUT2D eigenvalue weighted by atomic mass is 9.95. The average Bonchev–Trinajstić information content (AvgIpc) is 3.34. The smallest absolute Gasteiger partial charge is 0.260 e. The second-order valence-electron chi connectivity index (χ2n) is 10.4. The van der Waals surface area contributed by atoms with E-state index in [2.05, 4.69) is 37.5 Å². The third-order valence-electron chi connectivity index (χ3n) is 7.34. The van der Waals surface area contributed by atoms with Crippen LogP contribution >= 0.6 is 0 Å². The summed E-state index contributed by atoms with van der Waals surface area (Å²) < 4.78 is 11.8. The summed E-state index contributed by atoms with van der Waals surface area (Å²) in [7, 11) is 3.84. The number of carbonyl (C=O) groups excluding carboxylic acids is 2. The number of hydrogen-bond acceptors (Lipinski definition) is 8. The Labute approximate surface area is 228 Å². The molecule has 0 radical (unpaired) electrons. The number of carbonyl (C=O) groups is 2. The highest BCUT2D eigenvalue weighted by molar-refractivity contribution is 5.92. The zero-order valence-electron chi connectivity index (χ0n) is 22.7. The van der Waals surface area contributed by atoms with Gasteiger partial charge in [0.1, 0.15) is 17.8 Å². The molecule has 0 unspecified atom stereocenters. The van der Waals surface area contributed by atoms with Crippen LogP contribution in [0.4, 0.5) is 11.5 Å². The molecule has 3 aromatic rings. The van der Waals surface area contributed by atoms with Crippen molar-refractivity contribution in [1.29, 1.82) is 0 Å². The number of ether oxygens (including phenoxy) is 2. The molecule has 3 N–H and O–H groups in total. The standard InChI is InChI=1S/C28H37N7O4/c1-34-11-6-12-35(2)25(37)17-39-23-13-21(33-28-26-19(15-34)14-29-27(26)30-18-31-28)9-10-22(23)38-16-24(36)32-20-7-4-3-5-8-20/h9-10,13-14,18,20H,3-8,11-12,15-17H2,1-2H3,(H,32,36)(H2,29,30,31,33). The lowest BCUT2D eigenvalue weighted by molar-refractivity contribution is -0.132. The van der Waals surface area contributed by atoms with E-state index in [1.807, 2.05) is 12.3 Å². The quantitative estimate of drug-likeness (QED) is 0.465. The molecule has 0 atom stereocenters. The first kappa shape index (κ1) is 26.7. The van der Waals surface area contributed by atoms with Gasteiger partial charge in [-0.15, -0.1) is 0 Å². The van der Waals surface area contributed by atoms with Crippen LogP contribution in [0.15, 0.2) is 30.7 Å². The van der Waals surface area contributed by atoms with Gasteiger partial charge in [-0.25, -0.2) is 9.97 Å². The maximum Gasteiger partial charge on any atom is 0.260 e. The van der Waals surface area contributed by atoms with Crippen molar-refractivity contribution in [3.63, 3.8) is 0 Å². The summed E-state index contributed by atoms with van der Waals surface area (Å²) in [4.78, 5) is 41.4. The minimum atomic E-state index is -0.159. The molecule has 1 aliphatic heterocycles. The molecule has 1 aliphatic carbocycles. The minimum Gasteiger partial charge on any atom is -0.480 e. The van der Waals surface area contributed by atoms with Crippen LogP contribution < -0.4 is 20.1 Å². The van der Waals surface area contributed by atoms with Crippen molar-refractivity contribution in [2.24, 2.45) is 0 Å². The van der Waals surface area contributed by atoms with Crippen LogP contribution in [0.5, 0.6) is 11.5 Å². The Morgan fingerprint density at radius 3 is 2.85 bits per heavy atom. The van der Waals surface area contributed by atoms with Crippen molar-refractivity contribution in [2.45, 2.75) is 51.1 Å². The van der Waals surface area contributed by atoms with E-state index in [1.165, 1.54) is 12.7 Å². The summed E-state index contributed by atoms with van der Waals surface area (Å²) in [5, 5.41) is 7.37. The largest absolute Gasteiger partial charge is 0.480 e. The summed E-state index contributed by atoms with van der Waals surface area (Å²) in [6.07, 6.45) is 9.81. The molecule has 0 spiro atoms. The van der Waals surface area contributed by atoms with E-state index in [1.54, 1.807) is 24.1 Å². The molecule has 2 bridgehead atoms. The van der Waals surface area contributed by atoms with E-state index in [4.69, 9.17) is 9.47 Å². The number of benzene rings is 1. The number of amides is 2. The number of fused-ring (bicyclic) bond motifs is 2. The minimum absolute atomic E-state index is 0.125. The highest BCUT2D eigenvalue weighted by atomic mass is 16.5. The van der Waals surface area contributed by atoms with Gasteiger partial charge in [0.2, 0.25) is 0 Å². The van der Waals surface area contributed by atoms with Gasteiger partial charge in [0.05, 0.1) is 5.39 Å². The van der Waals surface area contributed by atoms with Crippen molar-refractivity contribution in [2.75, 3.05) is 45.7 Å². The monoisotopic (exact) mass is 535 g/mol. The van der Waals surface area contributed by atoms with Crippen LogP contribution in [-0.2, 0) is 16.1 Å². The van der Waals surface area contributed by atoms with E-state index >= 15 is 0 Å². The Hall–Kier alpha value is -3.86. The third kappa shape index (κ3) is 6.78. The lowest BCUT2D eigenvalue weighted by Gasteiger charge is -2.23. The molecular weight excluding hydrogens is 498 g/mol. The predicted molar refractivity (Wildman–Crippen MR) is 148 cm³/mol. The van der Waals surface area contributed by atoms with Crippen LogP contribution in [0, 0.1) is 0 Å². The van der Waals surface area contributed by atoms with Gasteiger partial charge < -0.3 is 34.9 Å². The number of H-pyrrole nitrogens is 1. The second-order valence-corrected chi connectivity index (χ2v) is 10.4. The van der Waals surface area contributed by atoms with Gasteiger partial charge in [0.25, 0.3) is 11.8 Å². The van der Waals surface area contributed by atoms with Gasteiger partial charge in [-0.05, 0) is 50.6 Å². The molecular formula is C28H37N7O4. The first-order chi connectivity index (χ1) is 19.0. The van der Waals surface area contributed by atoms with Crippen LogP contribution in [0.25, 0.3) is 11.0 Å². The Morgan fingerprint density at radius 1 is 1.15 bits per heavy atom. The second kappa shape index (κ2) is 12.3. The average molecular weight is 536 g/mol. The number of hydrogen-bond donors (Lipinski definition) is 3. The topological polar surface area (TPSA) is 125 Å². The molecule has 208 valence electrons. The molecule has 2 aliphatic rings. The fourth-order valence-corrected chi connectivity index (χ4v) is 5.18. The number of nitrogens with one attached hydrogen (secondary N) is 3. The van der Waals surface area contributed by atoms with Crippen LogP contribution in [0.2, 0.25) is 0 Å². The Balaban J connectivity index is 1.39. The van der Waals surface area contributed by atoms with Crippen molar-refractivity contribution in [3.05, 3.63) is 36.3 Å². The predicted octanol–water partition coefficient (Wildman–Crippen LogP) is 3.20. The molecule has 39 heavy (non-hydrogen) atoms. The number of likely N-dealkylation sites (N-methyl/N-ethyl adjacent to an activating group) is 1. The molecule has 5 rings (SSSR count). The van der Waals surface area contributed by atoms with Crippen molar-refractivity contribution in [1.82, 2.24) is 30.1 Å². The summed E-state index contributed by atoms with van der Waals surface area (Å²) in [6.45, 7) is 1.88. The molecule has 1 saturated carbocycles.